The van der Waals surface area contributed by atoms with Gasteiger partial charge in [-0.25, -0.2) is 0 Å². The zero-order chi connectivity index (χ0) is 12.0. The molecule has 0 aromatic rings. The zero-order valence-electron chi connectivity index (χ0n) is 10.8. The van der Waals surface area contributed by atoms with E-state index in [1.54, 1.807) is 6.20 Å². The van der Waals surface area contributed by atoms with Crippen LogP contribution in [0.1, 0.15) is 33.6 Å². The van der Waals surface area contributed by atoms with Crippen molar-refractivity contribution >= 4 is 6.72 Å². The normalized spacial score (nSPS) is 19.8. The van der Waals surface area contributed by atoms with Crippen molar-refractivity contribution < 1.29 is 0 Å². The van der Waals surface area contributed by atoms with Crippen molar-refractivity contribution in [1.29, 1.82) is 0 Å². The van der Waals surface area contributed by atoms with Gasteiger partial charge in [-0.2, -0.15) is 0 Å². The fourth-order valence-electron chi connectivity index (χ4n) is 2.27. The van der Waals surface area contributed by atoms with Crippen LogP contribution in [-0.2, 0) is 0 Å². The highest BCUT2D eigenvalue weighted by molar-refractivity contribution is 5.26. The summed E-state index contributed by atoms with van der Waals surface area (Å²) in [5.74, 6) is 1.74. The van der Waals surface area contributed by atoms with E-state index in [1.807, 2.05) is 6.08 Å². The highest BCUT2D eigenvalue weighted by Gasteiger charge is 2.21. The Morgan fingerprint density at radius 3 is 2.50 bits per heavy atom. The molecule has 0 aliphatic carbocycles. The molecule has 1 saturated heterocycles. The van der Waals surface area contributed by atoms with Gasteiger partial charge in [-0.1, -0.05) is 13.8 Å². The summed E-state index contributed by atoms with van der Waals surface area (Å²) >= 11 is 0. The predicted octanol–water partition coefficient (Wildman–Crippen LogP) is 3.47. The molecule has 2 heteroatoms. The molecule has 0 amide bonds. The third-order valence-electron chi connectivity index (χ3n) is 3.51. The Bertz CT molecular complexity index is 268. The summed E-state index contributed by atoms with van der Waals surface area (Å²) in [4.78, 5) is 6.16. The van der Waals surface area contributed by atoms with E-state index in [0.717, 1.165) is 11.8 Å². The molecule has 16 heavy (non-hydrogen) atoms. The maximum atomic E-state index is 3.69. The molecule has 0 aromatic heterocycles. The largest absolute Gasteiger partial charge is 0.375 e. The summed E-state index contributed by atoms with van der Waals surface area (Å²) in [5, 5.41) is 0. The zero-order valence-corrected chi connectivity index (χ0v) is 10.8. The minimum absolute atomic E-state index is 0.830. The van der Waals surface area contributed by atoms with E-state index < -0.39 is 0 Å². The molecular formula is C14H24N2. The number of nitrogens with zero attached hydrogens (tertiary/aromatic N) is 2. The molecule has 0 radical (unpaired) electrons. The van der Waals surface area contributed by atoms with E-state index in [9.17, 15) is 0 Å². The number of hydrogen-bond donors (Lipinski definition) is 0. The molecule has 1 aliphatic rings. The first-order chi connectivity index (χ1) is 7.65. The van der Waals surface area contributed by atoms with E-state index in [4.69, 9.17) is 0 Å². The molecule has 90 valence electrons. The van der Waals surface area contributed by atoms with Crippen LogP contribution in [0.3, 0.4) is 0 Å². The second-order valence-corrected chi connectivity index (χ2v) is 4.90. The van der Waals surface area contributed by atoms with Crippen molar-refractivity contribution in [3.63, 3.8) is 0 Å². The first-order valence-electron chi connectivity index (χ1n) is 6.19. The lowest BCUT2D eigenvalue weighted by Crippen LogP contribution is -2.33. The van der Waals surface area contributed by atoms with E-state index in [-0.39, 0.29) is 0 Å². The van der Waals surface area contributed by atoms with Crippen molar-refractivity contribution in [2.45, 2.75) is 33.6 Å². The van der Waals surface area contributed by atoms with Crippen molar-refractivity contribution in [3.05, 3.63) is 24.0 Å². The van der Waals surface area contributed by atoms with Gasteiger partial charge in [0.25, 0.3) is 0 Å². The molecule has 0 atom stereocenters. The molecule has 1 rings (SSSR count). The second-order valence-electron chi connectivity index (χ2n) is 4.90. The third-order valence-corrected chi connectivity index (χ3v) is 3.51. The lowest BCUT2D eigenvalue weighted by Gasteiger charge is -2.35. The lowest BCUT2D eigenvalue weighted by molar-refractivity contribution is 0.191. The first kappa shape index (κ1) is 13.0. The highest BCUT2D eigenvalue weighted by atomic mass is 15.1. The number of piperidine rings is 1. The van der Waals surface area contributed by atoms with Gasteiger partial charge in [0, 0.05) is 25.0 Å². The number of likely N-dealkylation sites (tertiary alicyclic amines) is 1. The maximum absolute atomic E-state index is 3.69. The minimum atomic E-state index is 0.830. The maximum Gasteiger partial charge on any atom is 0.0261 e. The van der Waals surface area contributed by atoms with Crippen LogP contribution in [0.2, 0.25) is 0 Å². The molecule has 0 spiro atoms. The molecular weight excluding hydrogens is 196 g/mol. The molecule has 1 fully saturated rings. The smallest absolute Gasteiger partial charge is 0.0261 e. The van der Waals surface area contributed by atoms with Gasteiger partial charge in [-0.05, 0) is 50.5 Å². The lowest BCUT2D eigenvalue weighted by atomic mass is 9.86. The van der Waals surface area contributed by atoms with Crippen LogP contribution >= 0.6 is 0 Å². The Morgan fingerprint density at radius 2 is 2.00 bits per heavy atom. The van der Waals surface area contributed by atoms with E-state index in [2.05, 4.69) is 43.5 Å². The van der Waals surface area contributed by atoms with E-state index >= 15 is 0 Å². The van der Waals surface area contributed by atoms with E-state index in [0.29, 0.717) is 0 Å². The van der Waals surface area contributed by atoms with Crippen LogP contribution in [0.4, 0.5) is 0 Å². The molecule has 0 aromatic carbocycles. The monoisotopic (exact) mass is 220 g/mol. The SMILES string of the molecule is C=N/C=C\C=C(/C)N1CCC(C(C)C)CC1. The van der Waals surface area contributed by atoms with Gasteiger partial charge in [0.1, 0.15) is 0 Å². The predicted molar refractivity (Wildman–Crippen MR) is 71.6 cm³/mol. The van der Waals surface area contributed by atoms with Gasteiger partial charge in [0.2, 0.25) is 0 Å². The summed E-state index contributed by atoms with van der Waals surface area (Å²) in [6.45, 7) is 12.6. The first-order valence-corrected chi connectivity index (χ1v) is 6.19. The molecule has 0 unspecified atom stereocenters. The van der Waals surface area contributed by atoms with Crippen LogP contribution in [0.25, 0.3) is 0 Å². The van der Waals surface area contributed by atoms with Crippen molar-refractivity contribution in [2.75, 3.05) is 13.1 Å². The van der Waals surface area contributed by atoms with Crippen LogP contribution in [-0.4, -0.2) is 24.7 Å². The fraction of sp³-hybridized carbons (Fsp3) is 0.643. The van der Waals surface area contributed by atoms with E-state index in [1.165, 1.54) is 31.6 Å². The summed E-state index contributed by atoms with van der Waals surface area (Å²) in [7, 11) is 0. The molecule has 0 saturated carbocycles. The Balaban J connectivity index is 2.44. The van der Waals surface area contributed by atoms with Gasteiger partial charge in [-0.15, -0.1) is 0 Å². The number of aliphatic imine (C=N–C) groups is 1. The molecule has 0 bridgehead atoms. The Morgan fingerprint density at radius 1 is 1.38 bits per heavy atom. The van der Waals surface area contributed by atoms with Crippen molar-refractivity contribution in [3.8, 4) is 0 Å². The van der Waals surface area contributed by atoms with Gasteiger partial charge in [0.15, 0.2) is 0 Å². The van der Waals surface area contributed by atoms with Gasteiger partial charge < -0.3 is 4.90 Å². The molecule has 1 heterocycles. The third kappa shape index (κ3) is 3.84. The summed E-state index contributed by atoms with van der Waals surface area (Å²) in [6.07, 6.45) is 8.45. The average Bonchev–Trinajstić information content (AvgIpc) is 2.29. The van der Waals surface area contributed by atoms with Crippen LogP contribution in [0.15, 0.2) is 29.0 Å². The van der Waals surface area contributed by atoms with Crippen LogP contribution in [0.5, 0.6) is 0 Å². The van der Waals surface area contributed by atoms with Crippen LogP contribution in [0, 0.1) is 11.8 Å². The van der Waals surface area contributed by atoms with Gasteiger partial charge in [0.05, 0.1) is 0 Å². The Labute approximate surface area is 99.8 Å². The second kappa shape index (κ2) is 6.51. The summed E-state index contributed by atoms with van der Waals surface area (Å²) in [5.41, 5.74) is 1.34. The molecule has 1 aliphatic heterocycles. The Hall–Kier alpha value is -1.05. The van der Waals surface area contributed by atoms with Crippen molar-refractivity contribution in [2.24, 2.45) is 16.8 Å². The number of hydrogen-bond acceptors (Lipinski definition) is 2. The molecule has 0 N–H and O–H groups in total. The highest BCUT2D eigenvalue weighted by Crippen LogP contribution is 2.26. The van der Waals surface area contributed by atoms with Crippen molar-refractivity contribution in [1.82, 2.24) is 4.90 Å². The summed E-state index contributed by atoms with van der Waals surface area (Å²) in [6, 6.07) is 0. The average molecular weight is 220 g/mol. The molecule has 2 nitrogen and oxygen atoms in total. The Kier molecular flexibility index (Phi) is 5.30. The minimum Gasteiger partial charge on any atom is -0.375 e. The quantitative estimate of drug-likeness (QED) is 0.523. The number of rotatable bonds is 4. The van der Waals surface area contributed by atoms with Gasteiger partial charge >= 0.3 is 0 Å². The fourth-order valence-corrected chi connectivity index (χ4v) is 2.27. The van der Waals surface area contributed by atoms with Crippen LogP contribution < -0.4 is 0 Å². The number of allylic oxidation sites excluding steroid dienone is 3. The standard InChI is InChI=1S/C14H24N2/c1-12(2)14-7-10-16(11-8-14)13(3)6-5-9-15-4/h5-6,9,12,14H,4,7-8,10-11H2,1-3H3/b9-5-,13-6+. The van der Waals surface area contributed by atoms with Gasteiger partial charge in [-0.3, -0.25) is 4.99 Å². The topological polar surface area (TPSA) is 15.6 Å². The summed E-state index contributed by atoms with van der Waals surface area (Å²) < 4.78 is 0.